The topological polar surface area (TPSA) is 26.3 Å². The van der Waals surface area contributed by atoms with Crippen LogP contribution < -0.4 is 0 Å². The Labute approximate surface area is 210 Å². The van der Waals surface area contributed by atoms with Gasteiger partial charge < -0.3 is 4.74 Å². The lowest BCUT2D eigenvalue weighted by Gasteiger charge is -2.72. The summed E-state index contributed by atoms with van der Waals surface area (Å²) in [7, 11) is 0. The summed E-state index contributed by atoms with van der Waals surface area (Å²) >= 11 is 2.81. The van der Waals surface area contributed by atoms with E-state index in [1.54, 1.807) is 6.92 Å². The molecule has 0 saturated heterocycles. The van der Waals surface area contributed by atoms with Gasteiger partial charge in [0.05, 0.1) is 0 Å². The van der Waals surface area contributed by atoms with Gasteiger partial charge in [0.15, 0.2) is 0 Å². The lowest BCUT2D eigenvalue weighted by atomic mass is 9.33. The van der Waals surface area contributed by atoms with E-state index in [0.29, 0.717) is 22.2 Å². The Morgan fingerprint density at radius 2 is 1.69 bits per heavy atom. The van der Waals surface area contributed by atoms with Crippen LogP contribution in [0.1, 0.15) is 106 Å². The number of carbonyl (C=O) groups is 1. The van der Waals surface area contributed by atoms with Gasteiger partial charge in [-0.25, -0.2) is 0 Å². The van der Waals surface area contributed by atoms with Crippen LogP contribution in [0, 0.1) is 45.3 Å². The number of allylic oxidation sites excluding steroid dienone is 2. The van der Waals surface area contributed by atoms with Crippen LogP contribution in [0.3, 0.4) is 0 Å². The van der Waals surface area contributed by atoms with E-state index in [1.165, 1.54) is 57.8 Å². The smallest absolute Gasteiger partial charge is 0.302 e. The van der Waals surface area contributed by atoms with Crippen LogP contribution >= 0.6 is 22.6 Å². The normalized spacial score (nSPS) is 51.9. The lowest BCUT2D eigenvalue weighted by molar-refractivity contribution is -0.236. The van der Waals surface area contributed by atoms with Crippen molar-refractivity contribution in [3.63, 3.8) is 0 Å². The molecule has 0 amide bonds. The van der Waals surface area contributed by atoms with E-state index in [0.717, 1.165) is 28.1 Å². The van der Waals surface area contributed by atoms with Gasteiger partial charge in [0.1, 0.15) is 6.10 Å². The van der Waals surface area contributed by atoms with Gasteiger partial charge in [-0.15, -0.1) is 0 Å². The first-order valence-corrected chi connectivity index (χ1v) is 14.7. The van der Waals surface area contributed by atoms with Crippen LogP contribution in [-0.4, -0.2) is 16.0 Å². The number of esters is 1. The first-order chi connectivity index (χ1) is 14.9. The van der Waals surface area contributed by atoms with Crippen molar-refractivity contribution in [1.82, 2.24) is 0 Å². The standard InChI is InChI=1S/C29H45IO2/c1-18(31)32-24-14-15-27(4)22(26(24,2)3)13-17-29(6)23(27)11-10-20-25-19(8-7-9-21(25)30)12-16-28(20,29)5/h8,20-25H,7,9-17H2,1-6H3/t20?,21-,22?,23?,24+,25?,27+,28-,29-/m1/s1. The Kier molecular flexibility index (Phi) is 5.71. The molecule has 5 aliphatic carbocycles. The Balaban J connectivity index is 1.49. The molecule has 5 aliphatic rings. The van der Waals surface area contributed by atoms with E-state index in [2.05, 4.69) is 63.3 Å². The highest BCUT2D eigenvalue weighted by atomic mass is 127. The zero-order valence-corrected chi connectivity index (χ0v) is 23.5. The summed E-state index contributed by atoms with van der Waals surface area (Å²) in [6.45, 7) is 14.5. The third kappa shape index (κ3) is 3.10. The number of hydrogen-bond donors (Lipinski definition) is 0. The minimum absolute atomic E-state index is 0.0664. The van der Waals surface area contributed by atoms with E-state index in [-0.39, 0.29) is 17.5 Å². The quantitative estimate of drug-likeness (QED) is 0.142. The summed E-state index contributed by atoms with van der Waals surface area (Å²) in [5, 5.41) is 0. The van der Waals surface area contributed by atoms with Crippen LogP contribution in [-0.2, 0) is 9.53 Å². The number of ether oxygens (including phenoxy) is 1. The minimum atomic E-state index is -0.104. The molecule has 5 rings (SSSR count). The highest BCUT2D eigenvalue weighted by Crippen LogP contribution is 2.75. The monoisotopic (exact) mass is 552 g/mol. The van der Waals surface area contributed by atoms with Crippen molar-refractivity contribution < 1.29 is 9.53 Å². The van der Waals surface area contributed by atoms with Crippen LogP contribution in [0.4, 0.5) is 0 Å². The Bertz CT molecular complexity index is 816. The van der Waals surface area contributed by atoms with Gasteiger partial charge in [-0.2, -0.15) is 0 Å². The van der Waals surface area contributed by atoms with Crippen molar-refractivity contribution in [2.24, 2.45) is 45.3 Å². The fourth-order valence-corrected chi connectivity index (χ4v) is 11.9. The molecule has 0 aliphatic heterocycles. The van der Waals surface area contributed by atoms with Crippen molar-refractivity contribution >= 4 is 28.6 Å². The zero-order valence-electron chi connectivity index (χ0n) is 21.3. The number of halogens is 1. The molecule has 9 atom stereocenters. The van der Waals surface area contributed by atoms with Gasteiger partial charge in [0.2, 0.25) is 0 Å². The van der Waals surface area contributed by atoms with Crippen LogP contribution in [0.5, 0.6) is 0 Å². The van der Waals surface area contributed by atoms with Gasteiger partial charge in [-0.3, -0.25) is 4.79 Å². The van der Waals surface area contributed by atoms with E-state index >= 15 is 0 Å². The summed E-state index contributed by atoms with van der Waals surface area (Å²) in [6.07, 6.45) is 15.9. The molecule has 0 spiro atoms. The van der Waals surface area contributed by atoms with Gasteiger partial charge in [0.25, 0.3) is 0 Å². The molecule has 0 radical (unpaired) electrons. The van der Waals surface area contributed by atoms with Gasteiger partial charge in [-0.1, -0.05) is 68.9 Å². The average Bonchev–Trinajstić information content (AvgIpc) is 2.70. The minimum Gasteiger partial charge on any atom is -0.462 e. The second kappa shape index (κ2) is 7.72. The summed E-state index contributed by atoms with van der Waals surface area (Å²) in [5.74, 6) is 3.05. The summed E-state index contributed by atoms with van der Waals surface area (Å²) in [4.78, 5) is 11.8. The highest BCUT2D eigenvalue weighted by molar-refractivity contribution is 14.1. The van der Waals surface area contributed by atoms with Crippen molar-refractivity contribution in [2.75, 3.05) is 0 Å². The van der Waals surface area contributed by atoms with E-state index in [4.69, 9.17) is 4.74 Å². The molecule has 4 fully saturated rings. The number of rotatable bonds is 1. The fraction of sp³-hybridized carbons (Fsp3) is 0.897. The van der Waals surface area contributed by atoms with Crippen molar-refractivity contribution in [2.45, 2.75) is 116 Å². The molecule has 0 aromatic carbocycles. The molecule has 2 nitrogen and oxygen atoms in total. The second-order valence-electron chi connectivity index (χ2n) is 13.5. The molecule has 0 aromatic rings. The second-order valence-corrected chi connectivity index (χ2v) is 15.1. The molecular weight excluding hydrogens is 507 g/mol. The predicted octanol–water partition coefficient (Wildman–Crippen LogP) is 8.13. The maximum absolute atomic E-state index is 11.8. The van der Waals surface area contributed by atoms with E-state index in [9.17, 15) is 4.79 Å². The van der Waals surface area contributed by atoms with Crippen molar-refractivity contribution in [3.05, 3.63) is 11.6 Å². The average molecular weight is 553 g/mol. The first kappa shape index (κ1) is 23.7. The highest BCUT2D eigenvalue weighted by Gasteiger charge is 2.68. The van der Waals surface area contributed by atoms with Crippen LogP contribution in [0.2, 0.25) is 0 Å². The number of alkyl halides is 1. The molecule has 4 unspecified atom stereocenters. The van der Waals surface area contributed by atoms with Crippen LogP contribution in [0.15, 0.2) is 11.6 Å². The molecule has 0 N–H and O–H groups in total. The maximum atomic E-state index is 11.8. The molecule has 32 heavy (non-hydrogen) atoms. The number of hydrogen-bond acceptors (Lipinski definition) is 2. The SMILES string of the molecule is CC(=O)O[C@H]1CC[C@@]2(C)C(CC[C@]3(C)C2CCC2C4C(=CCC[C@H]4I)CC[C@]23C)C1(C)C. The third-order valence-corrected chi connectivity index (χ3v) is 13.6. The third-order valence-electron chi connectivity index (χ3n) is 12.2. The van der Waals surface area contributed by atoms with Crippen molar-refractivity contribution in [3.8, 4) is 0 Å². The summed E-state index contributed by atoms with van der Waals surface area (Å²) < 4.78 is 6.73. The molecule has 0 bridgehead atoms. The number of fused-ring (bicyclic) bond motifs is 7. The molecule has 4 saturated carbocycles. The Morgan fingerprint density at radius 3 is 2.41 bits per heavy atom. The summed E-state index contributed by atoms with van der Waals surface area (Å²) in [5.41, 5.74) is 3.15. The Hall–Kier alpha value is -0.0600. The molecule has 3 heteroatoms. The predicted molar refractivity (Wildman–Crippen MR) is 140 cm³/mol. The van der Waals surface area contributed by atoms with E-state index in [1.807, 2.05) is 5.57 Å². The molecule has 0 aromatic heterocycles. The van der Waals surface area contributed by atoms with E-state index < -0.39 is 0 Å². The molecule has 180 valence electrons. The zero-order chi connectivity index (χ0) is 23.1. The molecule has 0 heterocycles. The lowest BCUT2D eigenvalue weighted by Crippen LogP contribution is -2.66. The van der Waals surface area contributed by atoms with Crippen LogP contribution in [0.25, 0.3) is 0 Å². The van der Waals surface area contributed by atoms with Gasteiger partial charge in [-0.05, 0) is 104 Å². The van der Waals surface area contributed by atoms with Gasteiger partial charge >= 0.3 is 5.97 Å². The largest absolute Gasteiger partial charge is 0.462 e. The fourth-order valence-electron chi connectivity index (χ4n) is 10.6. The summed E-state index contributed by atoms with van der Waals surface area (Å²) in [6, 6.07) is 0. The number of carbonyl (C=O) groups excluding carboxylic acids is 1. The first-order valence-electron chi connectivity index (χ1n) is 13.5. The maximum Gasteiger partial charge on any atom is 0.302 e. The van der Waals surface area contributed by atoms with Gasteiger partial charge in [0, 0.05) is 16.3 Å². The molecular formula is C29H45IO2. The van der Waals surface area contributed by atoms with Crippen molar-refractivity contribution in [1.29, 1.82) is 0 Å². The Morgan fingerprint density at radius 1 is 0.938 bits per heavy atom.